The molecule has 1 heterocycles. The van der Waals surface area contributed by atoms with E-state index in [0.717, 1.165) is 18.8 Å². The van der Waals surface area contributed by atoms with E-state index in [9.17, 15) is 4.79 Å². The SMILES string of the molecule is CCNCCNC(=O)c1nc(C)n(-c2ccccc2C(C)C)n1.Cl. The van der Waals surface area contributed by atoms with Crippen molar-refractivity contribution in [3.05, 3.63) is 41.5 Å². The van der Waals surface area contributed by atoms with Gasteiger partial charge in [-0.05, 0) is 31.0 Å². The molecule has 132 valence electrons. The number of halogens is 1. The maximum absolute atomic E-state index is 12.1. The number of amides is 1. The van der Waals surface area contributed by atoms with Gasteiger partial charge in [-0.25, -0.2) is 9.67 Å². The quantitative estimate of drug-likeness (QED) is 0.752. The summed E-state index contributed by atoms with van der Waals surface area (Å²) in [7, 11) is 0. The zero-order chi connectivity index (χ0) is 16.8. The Balaban J connectivity index is 0.00000288. The highest BCUT2D eigenvalue weighted by molar-refractivity contribution is 5.90. The molecule has 0 saturated heterocycles. The number of likely N-dealkylation sites (N-methyl/N-ethyl adjacent to an activating group) is 1. The van der Waals surface area contributed by atoms with Crippen molar-refractivity contribution in [2.75, 3.05) is 19.6 Å². The first-order valence-electron chi connectivity index (χ1n) is 8.06. The van der Waals surface area contributed by atoms with Crippen molar-refractivity contribution in [3.63, 3.8) is 0 Å². The minimum Gasteiger partial charge on any atom is -0.348 e. The van der Waals surface area contributed by atoms with Gasteiger partial charge in [0.1, 0.15) is 5.82 Å². The van der Waals surface area contributed by atoms with Gasteiger partial charge >= 0.3 is 0 Å². The fourth-order valence-corrected chi connectivity index (χ4v) is 2.40. The number of benzene rings is 1. The molecule has 7 heteroatoms. The number of carbonyl (C=O) groups excluding carboxylic acids is 1. The maximum atomic E-state index is 12.1. The molecule has 0 aliphatic carbocycles. The van der Waals surface area contributed by atoms with Crippen LogP contribution in [0.4, 0.5) is 0 Å². The zero-order valence-electron chi connectivity index (χ0n) is 14.7. The Bertz CT molecular complexity index is 669. The lowest BCUT2D eigenvalue weighted by molar-refractivity contribution is 0.0943. The van der Waals surface area contributed by atoms with Gasteiger partial charge in [-0.2, -0.15) is 0 Å². The third-order valence-corrected chi connectivity index (χ3v) is 3.60. The van der Waals surface area contributed by atoms with Gasteiger partial charge < -0.3 is 10.6 Å². The molecule has 24 heavy (non-hydrogen) atoms. The van der Waals surface area contributed by atoms with Crippen molar-refractivity contribution in [3.8, 4) is 5.69 Å². The van der Waals surface area contributed by atoms with Gasteiger partial charge in [-0.1, -0.05) is 39.0 Å². The number of aromatic nitrogens is 3. The summed E-state index contributed by atoms with van der Waals surface area (Å²) < 4.78 is 1.74. The molecule has 6 nitrogen and oxygen atoms in total. The van der Waals surface area contributed by atoms with E-state index in [0.29, 0.717) is 18.3 Å². The molecule has 0 saturated carbocycles. The molecule has 1 amide bonds. The van der Waals surface area contributed by atoms with Crippen LogP contribution in [-0.4, -0.2) is 40.3 Å². The van der Waals surface area contributed by atoms with Crippen molar-refractivity contribution < 1.29 is 4.79 Å². The van der Waals surface area contributed by atoms with Crippen LogP contribution in [0.3, 0.4) is 0 Å². The predicted octanol–water partition coefficient (Wildman–Crippen LogP) is 2.46. The number of nitrogens with zero attached hydrogens (tertiary/aromatic N) is 3. The van der Waals surface area contributed by atoms with Crippen molar-refractivity contribution >= 4 is 18.3 Å². The van der Waals surface area contributed by atoms with Gasteiger partial charge in [0.2, 0.25) is 5.82 Å². The topological polar surface area (TPSA) is 71.8 Å². The van der Waals surface area contributed by atoms with E-state index >= 15 is 0 Å². The van der Waals surface area contributed by atoms with Crippen LogP contribution in [0.5, 0.6) is 0 Å². The van der Waals surface area contributed by atoms with Crippen molar-refractivity contribution in [1.29, 1.82) is 0 Å². The Kier molecular flexibility index (Phi) is 7.88. The summed E-state index contributed by atoms with van der Waals surface area (Å²) in [5, 5.41) is 10.4. The summed E-state index contributed by atoms with van der Waals surface area (Å²) >= 11 is 0. The molecular weight excluding hydrogens is 326 g/mol. The van der Waals surface area contributed by atoms with Gasteiger partial charge in [0.05, 0.1) is 5.69 Å². The molecule has 2 aromatic rings. The second-order valence-corrected chi connectivity index (χ2v) is 5.72. The van der Waals surface area contributed by atoms with Crippen molar-refractivity contribution in [1.82, 2.24) is 25.4 Å². The van der Waals surface area contributed by atoms with Gasteiger partial charge in [0.15, 0.2) is 0 Å². The maximum Gasteiger partial charge on any atom is 0.291 e. The number of nitrogens with one attached hydrogen (secondary N) is 2. The Hall–Kier alpha value is -1.92. The predicted molar refractivity (Wildman–Crippen MR) is 98.3 cm³/mol. The molecule has 0 spiro atoms. The fourth-order valence-electron chi connectivity index (χ4n) is 2.40. The average molecular weight is 352 g/mol. The van der Waals surface area contributed by atoms with E-state index in [2.05, 4.69) is 40.6 Å². The van der Waals surface area contributed by atoms with E-state index in [-0.39, 0.29) is 24.1 Å². The van der Waals surface area contributed by atoms with Crippen LogP contribution in [0.2, 0.25) is 0 Å². The molecule has 2 N–H and O–H groups in total. The van der Waals surface area contributed by atoms with E-state index < -0.39 is 0 Å². The molecule has 0 aliphatic heterocycles. The number of para-hydroxylation sites is 1. The van der Waals surface area contributed by atoms with Crippen LogP contribution in [0.15, 0.2) is 24.3 Å². The first-order valence-corrected chi connectivity index (χ1v) is 8.06. The largest absolute Gasteiger partial charge is 0.348 e. The average Bonchev–Trinajstić information content (AvgIpc) is 2.93. The zero-order valence-corrected chi connectivity index (χ0v) is 15.5. The van der Waals surface area contributed by atoms with Gasteiger partial charge in [0.25, 0.3) is 5.91 Å². The Labute approximate surface area is 149 Å². The van der Waals surface area contributed by atoms with Gasteiger partial charge in [-0.3, -0.25) is 4.79 Å². The second kappa shape index (κ2) is 9.39. The lowest BCUT2D eigenvalue weighted by Crippen LogP contribution is -2.32. The highest BCUT2D eigenvalue weighted by atomic mass is 35.5. The summed E-state index contributed by atoms with van der Waals surface area (Å²) in [6.07, 6.45) is 0. The first-order chi connectivity index (χ1) is 11.0. The second-order valence-electron chi connectivity index (χ2n) is 5.72. The van der Waals surface area contributed by atoms with Gasteiger partial charge in [0, 0.05) is 13.1 Å². The van der Waals surface area contributed by atoms with Crippen LogP contribution in [0, 0.1) is 6.92 Å². The van der Waals surface area contributed by atoms with E-state index in [1.165, 1.54) is 5.56 Å². The molecule has 1 aromatic carbocycles. The number of hydrogen-bond donors (Lipinski definition) is 2. The van der Waals surface area contributed by atoms with E-state index in [1.807, 2.05) is 32.0 Å². The summed E-state index contributed by atoms with van der Waals surface area (Å²) in [4.78, 5) is 16.5. The summed E-state index contributed by atoms with van der Waals surface area (Å²) in [5.74, 6) is 1.03. The first kappa shape index (κ1) is 20.1. The highest BCUT2D eigenvalue weighted by Gasteiger charge is 2.17. The molecule has 0 unspecified atom stereocenters. The highest BCUT2D eigenvalue weighted by Crippen LogP contribution is 2.23. The third-order valence-electron chi connectivity index (χ3n) is 3.60. The van der Waals surface area contributed by atoms with Crippen LogP contribution in [0.1, 0.15) is 48.7 Å². The Morgan fingerprint density at radius 1 is 1.25 bits per heavy atom. The number of aryl methyl sites for hydroxylation is 1. The molecule has 0 atom stereocenters. The number of rotatable bonds is 7. The molecule has 2 rings (SSSR count). The minimum absolute atomic E-state index is 0. The lowest BCUT2D eigenvalue weighted by atomic mass is 10.0. The minimum atomic E-state index is -0.244. The number of carbonyl (C=O) groups is 1. The summed E-state index contributed by atoms with van der Waals surface area (Å²) in [6, 6.07) is 8.07. The standard InChI is InChI=1S/C17H25N5O.ClH/c1-5-18-10-11-19-17(23)16-20-13(4)22(21-16)15-9-7-6-8-14(15)12(2)3;/h6-9,12,18H,5,10-11H2,1-4H3,(H,19,23);1H. The van der Waals surface area contributed by atoms with Crippen LogP contribution in [-0.2, 0) is 0 Å². The Morgan fingerprint density at radius 2 is 1.96 bits per heavy atom. The normalized spacial score (nSPS) is 10.5. The fraction of sp³-hybridized carbons (Fsp3) is 0.471. The Morgan fingerprint density at radius 3 is 2.62 bits per heavy atom. The molecule has 0 bridgehead atoms. The lowest BCUT2D eigenvalue weighted by Gasteiger charge is -2.12. The smallest absolute Gasteiger partial charge is 0.291 e. The van der Waals surface area contributed by atoms with E-state index in [4.69, 9.17) is 0 Å². The molecule has 0 aliphatic rings. The summed E-state index contributed by atoms with van der Waals surface area (Å²) in [5.41, 5.74) is 2.15. The van der Waals surface area contributed by atoms with Crippen molar-refractivity contribution in [2.24, 2.45) is 0 Å². The van der Waals surface area contributed by atoms with Gasteiger partial charge in [-0.15, -0.1) is 17.5 Å². The monoisotopic (exact) mass is 351 g/mol. The molecule has 0 radical (unpaired) electrons. The molecule has 1 aromatic heterocycles. The number of hydrogen-bond acceptors (Lipinski definition) is 4. The van der Waals surface area contributed by atoms with Crippen LogP contribution in [0.25, 0.3) is 5.69 Å². The van der Waals surface area contributed by atoms with E-state index in [1.54, 1.807) is 4.68 Å². The molecular formula is C17H26ClN5O. The molecule has 0 fully saturated rings. The van der Waals surface area contributed by atoms with Crippen LogP contribution >= 0.6 is 12.4 Å². The van der Waals surface area contributed by atoms with Crippen molar-refractivity contribution in [2.45, 2.75) is 33.6 Å². The third kappa shape index (κ3) is 4.79. The summed E-state index contributed by atoms with van der Waals surface area (Å²) in [6.45, 7) is 10.3. The van der Waals surface area contributed by atoms with Crippen LogP contribution < -0.4 is 10.6 Å².